The van der Waals surface area contributed by atoms with Crippen molar-refractivity contribution in [2.24, 2.45) is 13.0 Å². The van der Waals surface area contributed by atoms with Crippen LogP contribution in [0.2, 0.25) is 5.02 Å². The molecule has 0 amide bonds. The van der Waals surface area contributed by atoms with Gasteiger partial charge in [0.2, 0.25) is 0 Å². The molecule has 4 heteroatoms. The van der Waals surface area contributed by atoms with Crippen molar-refractivity contribution >= 4 is 27.5 Å². The standard InChI is InChI=1S/C14H16BrClN2/c1-18-10-12(9-17-18)6-11(8-15)7-13-4-2-3-5-14(13)16/h2-5,9-11H,6-8H2,1H3. The van der Waals surface area contributed by atoms with Gasteiger partial charge in [-0.1, -0.05) is 45.7 Å². The number of halogens is 2. The smallest absolute Gasteiger partial charge is 0.0521 e. The Bertz CT molecular complexity index is 510. The van der Waals surface area contributed by atoms with E-state index in [4.69, 9.17) is 11.6 Å². The van der Waals surface area contributed by atoms with Gasteiger partial charge in [0.15, 0.2) is 0 Å². The van der Waals surface area contributed by atoms with E-state index in [1.165, 1.54) is 11.1 Å². The van der Waals surface area contributed by atoms with E-state index in [2.05, 4.69) is 33.3 Å². The highest BCUT2D eigenvalue weighted by molar-refractivity contribution is 9.09. The first-order valence-electron chi connectivity index (χ1n) is 5.96. The quantitative estimate of drug-likeness (QED) is 0.762. The molecule has 0 aliphatic carbocycles. The van der Waals surface area contributed by atoms with Gasteiger partial charge in [0.25, 0.3) is 0 Å². The number of nitrogens with zero attached hydrogens (tertiary/aromatic N) is 2. The van der Waals surface area contributed by atoms with Crippen LogP contribution in [0.1, 0.15) is 11.1 Å². The van der Waals surface area contributed by atoms with Gasteiger partial charge in [0, 0.05) is 23.6 Å². The van der Waals surface area contributed by atoms with Gasteiger partial charge >= 0.3 is 0 Å². The first kappa shape index (κ1) is 13.6. The summed E-state index contributed by atoms with van der Waals surface area (Å²) in [6, 6.07) is 8.06. The van der Waals surface area contributed by atoms with Crippen LogP contribution in [0.5, 0.6) is 0 Å². The van der Waals surface area contributed by atoms with E-state index >= 15 is 0 Å². The van der Waals surface area contributed by atoms with Crippen LogP contribution < -0.4 is 0 Å². The number of benzene rings is 1. The second kappa shape index (κ2) is 6.39. The molecule has 0 radical (unpaired) electrons. The largest absolute Gasteiger partial charge is 0.276 e. The molecular weight excluding hydrogens is 312 g/mol. The number of hydrogen-bond donors (Lipinski definition) is 0. The van der Waals surface area contributed by atoms with Gasteiger partial charge in [-0.15, -0.1) is 0 Å². The maximum Gasteiger partial charge on any atom is 0.0521 e. The monoisotopic (exact) mass is 326 g/mol. The molecule has 0 aliphatic rings. The van der Waals surface area contributed by atoms with Crippen molar-refractivity contribution in [3.8, 4) is 0 Å². The van der Waals surface area contributed by atoms with Crippen molar-refractivity contribution in [3.63, 3.8) is 0 Å². The summed E-state index contributed by atoms with van der Waals surface area (Å²) in [6.07, 6.45) is 6.01. The van der Waals surface area contributed by atoms with Crippen LogP contribution in [0.25, 0.3) is 0 Å². The summed E-state index contributed by atoms with van der Waals surface area (Å²) in [7, 11) is 1.95. The first-order valence-corrected chi connectivity index (χ1v) is 7.46. The Balaban J connectivity index is 2.04. The lowest BCUT2D eigenvalue weighted by Gasteiger charge is -2.14. The van der Waals surface area contributed by atoms with Crippen molar-refractivity contribution < 1.29 is 0 Å². The molecular formula is C14H16BrClN2. The third-order valence-electron chi connectivity index (χ3n) is 2.97. The molecule has 2 nitrogen and oxygen atoms in total. The van der Waals surface area contributed by atoms with Crippen molar-refractivity contribution in [1.29, 1.82) is 0 Å². The summed E-state index contributed by atoms with van der Waals surface area (Å²) >= 11 is 9.79. The summed E-state index contributed by atoms with van der Waals surface area (Å²) in [5, 5.41) is 6.03. The first-order chi connectivity index (χ1) is 8.69. The Kier molecular flexibility index (Phi) is 4.84. The van der Waals surface area contributed by atoms with Crippen molar-refractivity contribution in [2.75, 3.05) is 5.33 Å². The molecule has 1 unspecified atom stereocenters. The molecule has 1 heterocycles. The van der Waals surface area contributed by atoms with Gasteiger partial charge in [0.05, 0.1) is 6.20 Å². The topological polar surface area (TPSA) is 17.8 Å². The lowest BCUT2D eigenvalue weighted by Crippen LogP contribution is -2.10. The van der Waals surface area contributed by atoms with Gasteiger partial charge < -0.3 is 0 Å². The van der Waals surface area contributed by atoms with E-state index in [-0.39, 0.29) is 0 Å². The predicted molar refractivity (Wildman–Crippen MR) is 79.4 cm³/mol. The predicted octanol–water partition coefficient (Wildman–Crippen LogP) is 3.87. The third-order valence-corrected chi connectivity index (χ3v) is 4.25. The molecule has 1 atom stereocenters. The zero-order valence-corrected chi connectivity index (χ0v) is 12.7. The van der Waals surface area contributed by atoms with Gasteiger partial charge in [-0.25, -0.2) is 0 Å². The maximum atomic E-state index is 6.20. The highest BCUT2D eigenvalue weighted by Crippen LogP contribution is 2.22. The zero-order valence-electron chi connectivity index (χ0n) is 10.3. The SMILES string of the molecule is Cn1cc(CC(CBr)Cc2ccccc2Cl)cn1. The Labute approximate surface area is 121 Å². The molecule has 0 aliphatic heterocycles. The van der Waals surface area contributed by atoms with E-state index < -0.39 is 0 Å². The van der Waals surface area contributed by atoms with Gasteiger partial charge in [-0.2, -0.15) is 5.10 Å². The molecule has 2 rings (SSSR count). The van der Waals surface area contributed by atoms with Crippen LogP contribution in [-0.4, -0.2) is 15.1 Å². The van der Waals surface area contributed by atoms with Gasteiger partial charge in [-0.05, 0) is 36.0 Å². The van der Waals surface area contributed by atoms with Crippen LogP contribution in [0.4, 0.5) is 0 Å². The van der Waals surface area contributed by atoms with Crippen molar-refractivity contribution in [1.82, 2.24) is 9.78 Å². The fourth-order valence-electron chi connectivity index (χ4n) is 2.07. The molecule has 0 spiro atoms. The average Bonchev–Trinajstić information content (AvgIpc) is 2.76. The summed E-state index contributed by atoms with van der Waals surface area (Å²) in [6.45, 7) is 0. The summed E-state index contributed by atoms with van der Waals surface area (Å²) in [5.74, 6) is 0.536. The van der Waals surface area contributed by atoms with Crippen molar-refractivity contribution in [2.45, 2.75) is 12.8 Å². The fraction of sp³-hybridized carbons (Fsp3) is 0.357. The highest BCUT2D eigenvalue weighted by atomic mass is 79.9. The van der Waals surface area contributed by atoms with Crippen LogP contribution in [0.15, 0.2) is 36.7 Å². The Morgan fingerprint density at radius 3 is 2.72 bits per heavy atom. The molecule has 0 saturated heterocycles. The molecule has 0 N–H and O–H groups in total. The number of alkyl halides is 1. The molecule has 0 fully saturated rings. The van der Waals surface area contributed by atoms with Crippen LogP contribution in [0.3, 0.4) is 0 Å². The maximum absolute atomic E-state index is 6.20. The Morgan fingerprint density at radius 2 is 2.11 bits per heavy atom. The lowest BCUT2D eigenvalue weighted by atomic mass is 9.95. The molecule has 0 saturated carbocycles. The summed E-state index contributed by atoms with van der Waals surface area (Å²) in [4.78, 5) is 0. The Hall–Kier alpha value is -0.800. The molecule has 18 heavy (non-hydrogen) atoms. The highest BCUT2D eigenvalue weighted by Gasteiger charge is 2.12. The second-order valence-electron chi connectivity index (χ2n) is 4.54. The van der Waals surface area contributed by atoms with E-state index in [0.29, 0.717) is 5.92 Å². The third kappa shape index (κ3) is 3.59. The van der Waals surface area contributed by atoms with Gasteiger partial charge in [0.1, 0.15) is 0 Å². The normalized spacial score (nSPS) is 12.6. The molecule has 96 valence electrons. The molecule has 1 aromatic heterocycles. The minimum absolute atomic E-state index is 0.536. The van der Waals surface area contributed by atoms with Crippen LogP contribution in [0, 0.1) is 5.92 Å². The molecule has 1 aromatic carbocycles. The molecule has 0 bridgehead atoms. The number of aryl methyl sites for hydroxylation is 1. The second-order valence-corrected chi connectivity index (χ2v) is 5.60. The van der Waals surface area contributed by atoms with Crippen LogP contribution in [-0.2, 0) is 19.9 Å². The van der Waals surface area contributed by atoms with E-state index in [0.717, 1.165) is 23.2 Å². The zero-order chi connectivity index (χ0) is 13.0. The fourth-order valence-corrected chi connectivity index (χ4v) is 2.74. The summed E-state index contributed by atoms with van der Waals surface area (Å²) < 4.78 is 1.84. The van der Waals surface area contributed by atoms with Gasteiger partial charge in [-0.3, -0.25) is 4.68 Å². The lowest BCUT2D eigenvalue weighted by molar-refractivity contribution is 0.591. The van der Waals surface area contributed by atoms with Crippen molar-refractivity contribution in [3.05, 3.63) is 52.8 Å². The minimum atomic E-state index is 0.536. The summed E-state index contributed by atoms with van der Waals surface area (Å²) in [5.41, 5.74) is 2.49. The minimum Gasteiger partial charge on any atom is -0.276 e. The number of hydrogen-bond acceptors (Lipinski definition) is 1. The van der Waals surface area contributed by atoms with E-state index in [1.54, 1.807) is 0 Å². The van der Waals surface area contributed by atoms with E-state index in [9.17, 15) is 0 Å². The molecule has 2 aromatic rings. The average molecular weight is 328 g/mol. The number of rotatable bonds is 5. The van der Waals surface area contributed by atoms with E-state index in [1.807, 2.05) is 36.1 Å². The Morgan fingerprint density at radius 1 is 1.33 bits per heavy atom. The number of aromatic nitrogens is 2. The van der Waals surface area contributed by atoms with Crippen LogP contribution >= 0.6 is 27.5 Å².